The molecule has 20 heavy (non-hydrogen) atoms. The lowest BCUT2D eigenvalue weighted by Crippen LogP contribution is -2.55. The van der Waals surface area contributed by atoms with Crippen molar-refractivity contribution >= 4 is 11.8 Å². The highest BCUT2D eigenvalue weighted by atomic mass is 32.2. The molecule has 1 atom stereocenters. The normalized spacial score (nSPS) is 44.8. The average Bonchev–Trinajstić information content (AvgIpc) is 2.85. The van der Waals surface area contributed by atoms with Gasteiger partial charge in [-0.2, -0.15) is 0 Å². The lowest BCUT2D eigenvalue weighted by molar-refractivity contribution is -0.0168. The Morgan fingerprint density at radius 2 is 1.60 bits per heavy atom. The molecule has 1 unspecified atom stereocenters. The molecule has 4 bridgehead atoms. The minimum atomic E-state index is 0.610. The van der Waals surface area contributed by atoms with E-state index in [1.807, 2.05) is 11.8 Å². The van der Waals surface area contributed by atoms with E-state index in [9.17, 15) is 0 Å². The summed E-state index contributed by atoms with van der Waals surface area (Å²) in [6.07, 6.45) is 7.64. The van der Waals surface area contributed by atoms with Gasteiger partial charge in [0.15, 0.2) is 0 Å². The first-order valence-electron chi connectivity index (χ1n) is 8.34. The highest BCUT2D eigenvalue weighted by Gasteiger charge is 2.48. The van der Waals surface area contributed by atoms with Crippen LogP contribution in [0.4, 0.5) is 0 Å². The lowest BCUT2D eigenvalue weighted by Gasteiger charge is -2.55. The maximum absolute atomic E-state index is 4.10. The van der Waals surface area contributed by atoms with Gasteiger partial charge in [0.2, 0.25) is 0 Å². The number of hydrogen-bond donors (Lipinski definition) is 1. The molecule has 1 heterocycles. The van der Waals surface area contributed by atoms with Crippen molar-refractivity contribution in [3.8, 4) is 0 Å². The van der Waals surface area contributed by atoms with E-state index >= 15 is 0 Å². The molecule has 5 aliphatic rings. The van der Waals surface area contributed by atoms with Crippen LogP contribution in [0.2, 0.25) is 0 Å². The summed E-state index contributed by atoms with van der Waals surface area (Å²) in [5.74, 6) is 5.39. The van der Waals surface area contributed by atoms with E-state index in [0.29, 0.717) is 6.04 Å². The Bertz CT molecular complexity index is 498. The Morgan fingerprint density at radius 3 is 2.35 bits per heavy atom. The summed E-state index contributed by atoms with van der Waals surface area (Å²) in [4.78, 5) is 1.51. The van der Waals surface area contributed by atoms with E-state index in [1.165, 1.54) is 36.3 Å². The van der Waals surface area contributed by atoms with Gasteiger partial charge in [-0.05, 0) is 67.4 Å². The van der Waals surface area contributed by atoms with Crippen molar-refractivity contribution in [2.45, 2.75) is 49.1 Å². The highest BCUT2D eigenvalue weighted by molar-refractivity contribution is 7.99. The quantitative estimate of drug-likeness (QED) is 0.872. The van der Waals surface area contributed by atoms with Gasteiger partial charge < -0.3 is 5.32 Å². The second-order valence-electron chi connectivity index (χ2n) is 7.52. The average molecular weight is 285 g/mol. The molecule has 4 fully saturated rings. The van der Waals surface area contributed by atoms with E-state index in [-0.39, 0.29) is 0 Å². The summed E-state index contributed by atoms with van der Waals surface area (Å²) in [5.41, 5.74) is 1.56. The van der Waals surface area contributed by atoms with E-state index in [2.05, 4.69) is 29.6 Å². The third-order valence-electron chi connectivity index (χ3n) is 6.32. The fourth-order valence-corrected chi connectivity index (χ4v) is 6.90. The number of rotatable bonds is 2. The molecule has 1 N–H and O–H groups in total. The smallest absolute Gasteiger partial charge is 0.0428 e. The van der Waals surface area contributed by atoms with E-state index < -0.39 is 0 Å². The van der Waals surface area contributed by atoms with Gasteiger partial charge in [0.1, 0.15) is 0 Å². The maximum atomic E-state index is 4.10. The Balaban J connectivity index is 1.38. The van der Waals surface area contributed by atoms with Crippen LogP contribution in [0, 0.1) is 23.7 Å². The van der Waals surface area contributed by atoms with Gasteiger partial charge in [0.05, 0.1) is 0 Å². The van der Waals surface area contributed by atoms with Crippen molar-refractivity contribution in [2.24, 2.45) is 23.7 Å². The van der Waals surface area contributed by atoms with Crippen molar-refractivity contribution < 1.29 is 0 Å². The first kappa shape index (κ1) is 12.1. The SMILES string of the molecule is c1ccc2c(c1)SCC2NC1C2CC3CC(C2)CC1C3. The molecular formula is C18H23NS. The molecule has 0 amide bonds. The van der Waals surface area contributed by atoms with Gasteiger partial charge in [-0.25, -0.2) is 0 Å². The molecule has 1 nitrogen and oxygen atoms in total. The Morgan fingerprint density at radius 1 is 0.900 bits per heavy atom. The summed E-state index contributed by atoms with van der Waals surface area (Å²) < 4.78 is 0. The second kappa shape index (κ2) is 4.51. The van der Waals surface area contributed by atoms with Gasteiger partial charge in [0, 0.05) is 22.7 Å². The Hall–Kier alpha value is -0.470. The fourth-order valence-electron chi connectivity index (χ4n) is 5.73. The first-order valence-corrected chi connectivity index (χ1v) is 9.33. The number of benzene rings is 1. The van der Waals surface area contributed by atoms with Crippen molar-refractivity contribution in [3.05, 3.63) is 29.8 Å². The molecule has 0 radical (unpaired) electrons. The summed E-state index contributed by atoms with van der Waals surface area (Å²) in [5, 5.41) is 4.10. The lowest BCUT2D eigenvalue weighted by atomic mass is 9.54. The van der Waals surface area contributed by atoms with Gasteiger partial charge in [0.25, 0.3) is 0 Å². The molecule has 106 valence electrons. The van der Waals surface area contributed by atoms with E-state index in [0.717, 1.165) is 29.7 Å². The van der Waals surface area contributed by atoms with Crippen LogP contribution in [0.3, 0.4) is 0 Å². The zero-order valence-corrected chi connectivity index (χ0v) is 12.7. The van der Waals surface area contributed by atoms with Crippen molar-refractivity contribution in [1.29, 1.82) is 0 Å². The fraction of sp³-hybridized carbons (Fsp3) is 0.667. The molecule has 1 aromatic rings. The van der Waals surface area contributed by atoms with Gasteiger partial charge in [-0.3, -0.25) is 0 Å². The Labute approximate surface area is 125 Å². The topological polar surface area (TPSA) is 12.0 Å². The van der Waals surface area contributed by atoms with Crippen LogP contribution >= 0.6 is 11.8 Å². The van der Waals surface area contributed by atoms with Crippen LogP contribution in [0.5, 0.6) is 0 Å². The number of thioether (sulfide) groups is 1. The van der Waals surface area contributed by atoms with Gasteiger partial charge in [-0.15, -0.1) is 11.8 Å². The molecule has 4 aliphatic carbocycles. The van der Waals surface area contributed by atoms with Crippen LogP contribution in [0.1, 0.15) is 43.7 Å². The Kier molecular flexibility index (Phi) is 2.73. The summed E-state index contributed by atoms with van der Waals surface area (Å²) >= 11 is 2.04. The van der Waals surface area contributed by atoms with Gasteiger partial charge >= 0.3 is 0 Å². The van der Waals surface area contributed by atoms with Crippen LogP contribution in [0.25, 0.3) is 0 Å². The van der Waals surface area contributed by atoms with Crippen molar-refractivity contribution in [2.75, 3.05) is 5.75 Å². The van der Waals surface area contributed by atoms with Gasteiger partial charge in [-0.1, -0.05) is 18.2 Å². The van der Waals surface area contributed by atoms with Crippen LogP contribution in [0.15, 0.2) is 29.2 Å². The minimum Gasteiger partial charge on any atom is -0.306 e. The molecule has 6 rings (SSSR count). The van der Waals surface area contributed by atoms with E-state index in [1.54, 1.807) is 12.0 Å². The summed E-state index contributed by atoms with van der Waals surface area (Å²) in [6, 6.07) is 10.4. The third kappa shape index (κ3) is 1.80. The molecular weight excluding hydrogens is 262 g/mol. The zero-order valence-electron chi connectivity index (χ0n) is 11.9. The summed E-state index contributed by atoms with van der Waals surface area (Å²) in [6.45, 7) is 0. The van der Waals surface area contributed by atoms with Crippen LogP contribution in [-0.2, 0) is 0 Å². The molecule has 0 saturated heterocycles. The monoisotopic (exact) mass is 285 g/mol. The molecule has 1 aromatic carbocycles. The first-order chi connectivity index (χ1) is 9.87. The standard InChI is InChI=1S/C18H23NS/c1-2-4-17-15(3-1)16(10-20-17)19-18-13-6-11-5-12(8-13)9-14(18)7-11/h1-4,11-14,16,18-19H,5-10H2. The van der Waals surface area contributed by atoms with Crippen LogP contribution in [-0.4, -0.2) is 11.8 Å². The van der Waals surface area contributed by atoms with E-state index in [4.69, 9.17) is 0 Å². The third-order valence-corrected chi connectivity index (χ3v) is 7.50. The molecule has 4 saturated carbocycles. The predicted molar refractivity (Wildman–Crippen MR) is 83.9 cm³/mol. The minimum absolute atomic E-state index is 0.610. The van der Waals surface area contributed by atoms with Crippen LogP contribution < -0.4 is 5.32 Å². The zero-order chi connectivity index (χ0) is 13.1. The number of hydrogen-bond acceptors (Lipinski definition) is 2. The summed E-state index contributed by atoms with van der Waals surface area (Å²) in [7, 11) is 0. The second-order valence-corrected chi connectivity index (χ2v) is 8.59. The molecule has 1 aliphatic heterocycles. The highest BCUT2D eigenvalue weighted by Crippen LogP contribution is 2.54. The molecule has 0 spiro atoms. The molecule has 2 heteroatoms. The van der Waals surface area contributed by atoms with Crippen molar-refractivity contribution in [3.63, 3.8) is 0 Å². The predicted octanol–water partition coefficient (Wildman–Crippen LogP) is 4.25. The van der Waals surface area contributed by atoms with Crippen molar-refractivity contribution in [1.82, 2.24) is 5.32 Å². The number of nitrogens with one attached hydrogen (secondary N) is 1. The number of fused-ring (bicyclic) bond motifs is 1. The largest absolute Gasteiger partial charge is 0.306 e. The maximum Gasteiger partial charge on any atom is 0.0428 e. The molecule has 0 aromatic heterocycles.